The van der Waals surface area contributed by atoms with E-state index in [1.807, 2.05) is 6.92 Å². The van der Waals surface area contributed by atoms with Gasteiger partial charge < -0.3 is 9.64 Å². The summed E-state index contributed by atoms with van der Waals surface area (Å²) in [5.74, 6) is -0.235. The molecule has 2 aromatic heterocycles. The topological polar surface area (TPSA) is 99.2 Å². The van der Waals surface area contributed by atoms with Gasteiger partial charge in [-0.3, -0.25) is 10.1 Å². The fourth-order valence-corrected chi connectivity index (χ4v) is 3.05. The number of nitrogens with zero attached hydrogens (tertiary/aromatic N) is 6. The van der Waals surface area contributed by atoms with Gasteiger partial charge in [-0.15, -0.1) is 0 Å². The lowest BCUT2D eigenvalue weighted by Gasteiger charge is -2.31. The summed E-state index contributed by atoms with van der Waals surface area (Å²) < 4.78 is 44.6. The number of nitro groups is 1. The van der Waals surface area contributed by atoms with Crippen molar-refractivity contribution in [2.45, 2.75) is 25.9 Å². The van der Waals surface area contributed by atoms with Crippen LogP contribution in [0.15, 0.2) is 12.4 Å². The normalized spacial score (nSPS) is 15.7. The monoisotopic (exact) mass is 399 g/mol. The Kier molecular flexibility index (Phi) is 5.38. The van der Waals surface area contributed by atoms with E-state index >= 15 is 0 Å². The first-order chi connectivity index (χ1) is 13.2. The lowest BCUT2D eigenvalue weighted by molar-refractivity contribution is -0.385. The maximum Gasteiger partial charge on any atom is 0.435 e. The lowest BCUT2D eigenvalue weighted by atomic mass is 9.94. The molecule has 9 nitrogen and oxygen atoms in total. The molecule has 12 heteroatoms. The maximum atomic E-state index is 12.8. The molecule has 3 rings (SSSR count). The largest absolute Gasteiger partial charge is 0.435 e. The molecule has 1 radical (unpaired) electrons. The maximum absolute atomic E-state index is 12.8. The van der Waals surface area contributed by atoms with E-state index in [0.717, 1.165) is 23.9 Å². The minimum absolute atomic E-state index is 0.0859. The van der Waals surface area contributed by atoms with E-state index in [4.69, 9.17) is 4.74 Å². The molecule has 0 saturated carbocycles. The minimum Gasteiger partial charge on any atom is -0.415 e. The molecular formula is C16H18F3N6O3. The second-order valence-electron chi connectivity index (χ2n) is 6.36. The molecule has 28 heavy (non-hydrogen) atoms. The van der Waals surface area contributed by atoms with Crippen molar-refractivity contribution in [3.8, 4) is 11.8 Å². The summed E-state index contributed by atoms with van der Waals surface area (Å²) in [5, 5.41) is 15.0. The van der Waals surface area contributed by atoms with Gasteiger partial charge in [-0.2, -0.15) is 23.3 Å². The number of anilines is 1. The van der Waals surface area contributed by atoms with E-state index in [-0.39, 0.29) is 11.7 Å². The molecule has 0 spiro atoms. The van der Waals surface area contributed by atoms with Crippen LogP contribution in [0.3, 0.4) is 0 Å². The molecule has 151 valence electrons. The minimum atomic E-state index is -4.66. The Hall–Kier alpha value is -2.92. The van der Waals surface area contributed by atoms with E-state index in [0.29, 0.717) is 25.1 Å². The van der Waals surface area contributed by atoms with Crippen molar-refractivity contribution >= 4 is 11.5 Å². The third-order valence-corrected chi connectivity index (χ3v) is 4.59. The fraction of sp³-hybridized carbons (Fsp3) is 0.500. The number of ether oxygens (including phenoxy) is 1. The van der Waals surface area contributed by atoms with Gasteiger partial charge in [-0.1, -0.05) is 6.92 Å². The predicted octanol–water partition coefficient (Wildman–Crippen LogP) is 3.37. The molecule has 0 aliphatic carbocycles. The Balaban J connectivity index is 1.92. The molecule has 0 aromatic carbocycles. The van der Waals surface area contributed by atoms with Crippen molar-refractivity contribution in [3.63, 3.8) is 0 Å². The molecule has 1 saturated heterocycles. The van der Waals surface area contributed by atoms with Crippen LogP contribution in [0, 0.1) is 22.5 Å². The second-order valence-corrected chi connectivity index (χ2v) is 6.36. The Bertz CT molecular complexity index is 862. The molecule has 0 N–H and O–H groups in total. The molecule has 3 heterocycles. The zero-order valence-electron chi connectivity index (χ0n) is 15.2. The third-order valence-electron chi connectivity index (χ3n) is 4.59. The van der Waals surface area contributed by atoms with Crippen LogP contribution in [0.1, 0.15) is 25.5 Å². The first-order valence-electron chi connectivity index (χ1n) is 8.53. The summed E-state index contributed by atoms with van der Waals surface area (Å²) >= 11 is 0. The van der Waals surface area contributed by atoms with Gasteiger partial charge in [0, 0.05) is 26.2 Å². The fourth-order valence-electron chi connectivity index (χ4n) is 3.05. The van der Waals surface area contributed by atoms with Crippen molar-refractivity contribution in [1.82, 2.24) is 19.7 Å². The molecule has 0 bridgehead atoms. The Labute approximate surface area is 158 Å². The van der Waals surface area contributed by atoms with Gasteiger partial charge in [-0.25, -0.2) is 9.67 Å². The van der Waals surface area contributed by atoms with Gasteiger partial charge in [0.1, 0.15) is 6.33 Å². The number of hydrogen-bond donors (Lipinski definition) is 0. The van der Waals surface area contributed by atoms with Gasteiger partial charge in [0.2, 0.25) is 11.7 Å². The summed E-state index contributed by atoms with van der Waals surface area (Å²) in [7, 11) is 1.24. The van der Waals surface area contributed by atoms with Gasteiger partial charge in [0.25, 0.3) is 0 Å². The molecule has 1 fully saturated rings. The first-order valence-corrected chi connectivity index (χ1v) is 8.53. The molecule has 2 aromatic rings. The number of alkyl halides is 3. The van der Waals surface area contributed by atoms with Crippen LogP contribution >= 0.6 is 0 Å². The highest BCUT2D eigenvalue weighted by Gasteiger charge is 2.36. The summed E-state index contributed by atoms with van der Waals surface area (Å²) in [6.45, 7) is 3.11. The first kappa shape index (κ1) is 19.8. The number of aromatic nitrogens is 4. The number of halogens is 3. The highest BCUT2D eigenvalue weighted by atomic mass is 19.4. The summed E-state index contributed by atoms with van der Waals surface area (Å²) in [5.41, 5.74) is -1.66. The Morgan fingerprint density at radius 3 is 2.54 bits per heavy atom. The number of piperidine rings is 1. The van der Waals surface area contributed by atoms with Crippen molar-refractivity contribution < 1.29 is 22.8 Å². The number of rotatable bonds is 5. The smallest absolute Gasteiger partial charge is 0.415 e. The number of hydrogen-bond acceptors (Lipinski definition) is 7. The molecular weight excluding hydrogens is 381 g/mol. The lowest BCUT2D eigenvalue weighted by Crippen LogP contribution is -2.34. The van der Waals surface area contributed by atoms with Crippen molar-refractivity contribution in [2.24, 2.45) is 13.0 Å². The average molecular weight is 399 g/mol. The highest BCUT2D eigenvalue weighted by molar-refractivity contribution is 5.63. The molecule has 0 atom stereocenters. The molecule has 1 aliphatic rings. The van der Waals surface area contributed by atoms with E-state index in [2.05, 4.69) is 21.5 Å². The van der Waals surface area contributed by atoms with Crippen LogP contribution in [-0.2, 0) is 13.2 Å². The molecule has 0 amide bonds. The van der Waals surface area contributed by atoms with Crippen molar-refractivity contribution in [1.29, 1.82) is 0 Å². The molecule has 0 unspecified atom stereocenters. The summed E-state index contributed by atoms with van der Waals surface area (Å²) in [4.78, 5) is 20.5. The van der Waals surface area contributed by atoms with Crippen molar-refractivity contribution in [3.05, 3.63) is 34.6 Å². The van der Waals surface area contributed by atoms with Crippen LogP contribution in [-0.4, -0.2) is 37.8 Å². The SMILES string of the molecule is C[CH]C1CCN(c2ncnc(Oc3cc(C(F)(F)F)nn3C)c2[N+](=O)[O-])CC1. The highest BCUT2D eigenvalue weighted by Crippen LogP contribution is 2.38. The van der Waals surface area contributed by atoms with Crippen LogP contribution in [0.2, 0.25) is 0 Å². The van der Waals surface area contributed by atoms with Gasteiger partial charge in [-0.05, 0) is 25.2 Å². The third kappa shape index (κ3) is 3.99. The zero-order chi connectivity index (χ0) is 20.5. The Morgan fingerprint density at radius 2 is 2.00 bits per heavy atom. The van der Waals surface area contributed by atoms with Gasteiger partial charge in [0.15, 0.2) is 5.69 Å². The van der Waals surface area contributed by atoms with Crippen LogP contribution in [0.5, 0.6) is 11.8 Å². The number of aryl methyl sites for hydroxylation is 1. The summed E-state index contributed by atoms with van der Waals surface area (Å²) in [6, 6.07) is 0.661. The quantitative estimate of drug-likeness (QED) is 0.561. The predicted molar refractivity (Wildman–Crippen MR) is 91.9 cm³/mol. The van der Waals surface area contributed by atoms with Gasteiger partial charge in [0.05, 0.1) is 4.92 Å². The van der Waals surface area contributed by atoms with Crippen LogP contribution in [0.25, 0.3) is 0 Å². The van der Waals surface area contributed by atoms with Crippen LogP contribution in [0.4, 0.5) is 24.7 Å². The zero-order valence-corrected chi connectivity index (χ0v) is 15.2. The van der Waals surface area contributed by atoms with E-state index in [1.165, 1.54) is 7.05 Å². The van der Waals surface area contributed by atoms with E-state index < -0.39 is 28.4 Å². The van der Waals surface area contributed by atoms with Gasteiger partial charge >= 0.3 is 17.7 Å². The van der Waals surface area contributed by atoms with Crippen molar-refractivity contribution in [2.75, 3.05) is 18.0 Å². The second kappa shape index (κ2) is 7.60. The standard InChI is InChI=1S/C16H18F3N6O3/c1-3-10-4-6-24(7-5-10)14-13(25(26)27)15(21-9-20-14)28-12-8-11(16(17,18)19)22-23(12)2/h3,8-10H,4-7H2,1-2H3. The summed E-state index contributed by atoms with van der Waals surface area (Å²) in [6.07, 6.45) is 0.176. The van der Waals surface area contributed by atoms with E-state index in [1.54, 1.807) is 4.90 Å². The average Bonchev–Trinajstić information content (AvgIpc) is 3.02. The van der Waals surface area contributed by atoms with Crippen LogP contribution < -0.4 is 9.64 Å². The van der Waals surface area contributed by atoms with E-state index in [9.17, 15) is 23.3 Å². The molecule has 1 aliphatic heterocycles. The Morgan fingerprint density at radius 1 is 1.32 bits per heavy atom.